The van der Waals surface area contributed by atoms with Crippen LogP contribution in [0.2, 0.25) is 5.15 Å². The number of ether oxygens (including phenoxy) is 1. The number of nitrogens with zero attached hydrogens (tertiary/aromatic N) is 2. The molecule has 3 N–H and O–H groups in total. The first-order valence-electron chi connectivity index (χ1n) is 7.33. The molecule has 24 heavy (non-hydrogen) atoms. The molecule has 0 unspecified atom stereocenters. The number of aromatic nitrogens is 1. The van der Waals surface area contributed by atoms with Crippen LogP contribution in [0.3, 0.4) is 0 Å². The highest BCUT2D eigenvalue weighted by Crippen LogP contribution is 2.28. The summed E-state index contributed by atoms with van der Waals surface area (Å²) in [6.45, 7) is 2.02. The number of carbonyl (C=O) groups is 1. The van der Waals surface area contributed by atoms with E-state index in [1.54, 1.807) is 49.5 Å². The van der Waals surface area contributed by atoms with E-state index in [0.717, 1.165) is 5.56 Å². The number of amidine groups is 1. The van der Waals surface area contributed by atoms with Gasteiger partial charge in [0.05, 0.1) is 17.9 Å². The second-order valence-corrected chi connectivity index (χ2v) is 5.38. The lowest BCUT2D eigenvalue weighted by molar-refractivity contribution is -0.138. The average molecular weight is 343 g/mol. The third-order valence-corrected chi connectivity index (χ3v) is 3.65. The number of esters is 1. The molecule has 0 fully saturated rings. The molecule has 0 saturated heterocycles. The first-order chi connectivity index (χ1) is 11.6. The maximum absolute atomic E-state index is 12.2. The molecule has 7 heteroatoms. The fraction of sp³-hybridized carbons (Fsp3) is 0.118. The smallest absolute Gasteiger partial charge is 0.354 e. The predicted molar refractivity (Wildman–Crippen MR) is 94.0 cm³/mol. The van der Waals surface area contributed by atoms with Crippen molar-refractivity contribution in [3.63, 3.8) is 0 Å². The van der Waals surface area contributed by atoms with E-state index in [0.29, 0.717) is 22.8 Å². The molecule has 1 aliphatic heterocycles. The quantitative estimate of drug-likeness (QED) is 0.508. The van der Waals surface area contributed by atoms with E-state index in [2.05, 4.69) is 15.3 Å². The lowest BCUT2D eigenvalue weighted by atomic mass is 10.1. The Hall–Kier alpha value is -2.86. The molecule has 6 nitrogen and oxygen atoms in total. The van der Waals surface area contributed by atoms with Crippen molar-refractivity contribution in [1.82, 2.24) is 10.3 Å². The van der Waals surface area contributed by atoms with Crippen molar-refractivity contribution in [3.8, 4) is 0 Å². The standard InChI is InChI=1S/C17H15ClN4O2/c1-2-24-17(23)14-8-10-5-6-11(19)9-13(10)21-16(22-14)12-4-3-7-20-15(12)18/h3-9H,2,19H2,1H3,(H,21,22). The molecule has 122 valence electrons. The van der Waals surface area contributed by atoms with E-state index in [1.807, 2.05) is 0 Å². The molecule has 0 radical (unpaired) electrons. The topological polar surface area (TPSA) is 89.6 Å². The summed E-state index contributed by atoms with van der Waals surface area (Å²) in [5.41, 5.74) is 8.62. The Morgan fingerprint density at radius 2 is 2.21 bits per heavy atom. The summed E-state index contributed by atoms with van der Waals surface area (Å²) in [4.78, 5) is 20.8. The van der Waals surface area contributed by atoms with Gasteiger partial charge in [-0.25, -0.2) is 14.8 Å². The largest absolute Gasteiger partial charge is 0.461 e. The molecule has 0 aliphatic carbocycles. The normalized spacial score (nSPS) is 13.1. The van der Waals surface area contributed by atoms with Gasteiger partial charge in [0.2, 0.25) is 0 Å². The number of anilines is 1. The van der Waals surface area contributed by atoms with Gasteiger partial charge in [0, 0.05) is 17.4 Å². The van der Waals surface area contributed by atoms with Gasteiger partial charge < -0.3 is 15.8 Å². The van der Waals surface area contributed by atoms with E-state index >= 15 is 0 Å². The fourth-order valence-electron chi connectivity index (χ4n) is 2.26. The average Bonchev–Trinajstić information content (AvgIpc) is 2.74. The Morgan fingerprint density at radius 1 is 1.38 bits per heavy atom. The number of pyridine rings is 1. The zero-order valence-electron chi connectivity index (χ0n) is 12.9. The SMILES string of the molecule is CCOC(=O)C1=Cc2ccc(N)cc2N=C(c2cccnc2Cl)N1. The number of benzene rings is 1. The van der Waals surface area contributed by atoms with Gasteiger partial charge in [-0.3, -0.25) is 0 Å². The van der Waals surface area contributed by atoms with Crippen LogP contribution in [0, 0.1) is 0 Å². The number of nitrogens with one attached hydrogen (secondary N) is 1. The minimum Gasteiger partial charge on any atom is -0.461 e. The van der Waals surface area contributed by atoms with E-state index in [1.165, 1.54) is 0 Å². The Balaban J connectivity index is 2.15. The van der Waals surface area contributed by atoms with Crippen LogP contribution in [0.15, 0.2) is 47.2 Å². The monoisotopic (exact) mass is 342 g/mol. The van der Waals surface area contributed by atoms with Crippen LogP contribution in [0.1, 0.15) is 18.1 Å². The van der Waals surface area contributed by atoms with E-state index in [9.17, 15) is 4.79 Å². The lowest BCUT2D eigenvalue weighted by Crippen LogP contribution is -2.29. The highest BCUT2D eigenvalue weighted by molar-refractivity contribution is 6.33. The first-order valence-corrected chi connectivity index (χ1v) is 7.71. The first kappa shape index (κ1) is 16.0. The number of hydrogen-bond donors (Lipinski definition) is 2. The van der Waals surface area contributed by atoms with Gasteiger partial charge in [-0.2, -0.15) is 0 Å². The molecule has 1 aromatic carbocycles. The van der Waals surface area contributed by atoms with E-state index < -0.39 is 5.97 Å². The number of rotatable bonds is 3. The van der Waals surface area contributed by atoms with Crippen molar-refractivity contribution in [2.75, 3.05) is 12.3 Å². The van der Waals surface area contributed by atoms with Gasteiger partial charge in [-0.05, 0) is 37.3 Å². The Bertz CT molecular complexity index is 861. The van der Waals surface area contributed by atoms with Crippen LogP contribution in [-0.4, -0.2) is 23.4 Å². The van der Waals surface area contributed by atoms with Crippen molar-refractivity contribution in [2.24, 2.45) is 4.99 Å². The number of nitrogen functional groups attached to an aromatic ring is 1. The Morgan fingerprint density at radius 3 is 2.96 bits per heavy atom. The molecule has 1 aromatic heterocycles. The summed E-state index contributed by atoms with van der Waals surface area (Å²) in [5, 5.41) is 3.27. The van der Waals surface area contributed by atoms with Crippen molar-refractivity contribution in [2.45, 2.75) is 6.92 Å². The number of aliphatic imine (C=N–C) groups is 1. The van der Waals surface area contributed by atoms with Crippen LogP contribution in [0.5, 0.6) is 0 Å². The van der Waals surface area contributed by atoms with Gasteiger partial charge in [0.1, 0.15) is 16.7 Å². The minimum absolute atomic E-state index is 0.263. The molecule has 0 atom stereocenters. The zero-order chi connectivity index (χ0) is 17.1. The van der Waals surface area contributed by atoms with E-state index in [4.69, 9.17) is 22.1 Å². The van der Waals surface area contributed by atoms with Crippen molar-refractivity contribution in [3.05, 3.63) is 58.5 Å². The Kier molecular flexibility index (Phi) is 4.48. The van der Waals surface area contributed by atoms with Crippen LogP contribution in [-0.2, 0) is 9.53 Å². The van der Waals surface area contributed by atoms with Crippen molar-refractivity contribution in [1.29, 1.82) is 0 Å². The second-order valence-electron chi connectivity index (χ2n) is 5.02. The molecule has 2 heterocycles. The predicted octanol–water partition coefficient (Wildman–Crippen LogP) is 2.90. The Labute approximate surface area is 144 Å². The maximum atomic E-state index is 12.2. The third-order valence-electron chi connectivity index (χ3n) is 3.35. The highest BCUT2D eigenvalue weighted by Gasteiger charge is 2.20. The highest BCUT2D eigenvalue weighted by atomic mass is 35.5. The summed E-state index contributed by atoms with van der Waals surface area (Å²) in [5.74, 6) is -0.0772. The van der Waals surface area contributed by atoms with Crippen molar-refractivity contribution >= 4 is 40.9 Å². The zero-order valence-corrected chi connectivity index (χ0v) is 13.7. The van der Waals surface area contributed by atoms with Crippen LogP contribution >= 0.6 is 11.6 Å². The molecule has 0 spiro atoms. The molecular formula is C17H15ClN4O2. The molecule has 0 bridgehead atoms. The summed E-state index contributed by atoms with van der Waals surface area (Å²) in [6, 6.07) is 8.77. The van der Waals surface area contributed by atoms with E-state index in [-0.39, 0.29) is 17.5 Å². The van der Waals surface area contributed by atoms with Crippen molar-refractivity contribution < 1.29 is 9.53 Å². The maximum Gasteiger partial charge on any atom is 0.354 e. The number of halogens is 1. The molecular weight excluding hydrogens is 328 g/mol. The number of carbonyl (C=O) groups excluding carboxylic acids is 1. The lowest BCUT2D eigenvalue weighted by Gasteiger charge is -2.11. The minimum atomic E-state index is -0.477. The molecule has 2 aromatic rings. The second kappa shape index (κ2) is 6.72. The summed E-state index contributed by atoms with van der Waals surface area (Å²) >= 11 is 6.17. The van der Waals surface area contributed by atoms with Gasteiger partial charge >= 0.3 is 5.97 Å². The van der Waals surface area contributed by atoms with Gasteiger partial charge in [0.25, 0.3) is 0 Å². The van der Waals surface area contributed by atoms with Gasteiger partial charge in [0.15, 0.2) is 0 Å². The fourth-order valence-corrected chi connectivity index (χ4v) is 2.47. The molecule has 1 aliphatic rings. The van der Waals surface area contributed by atoms with Gasteiger partial charge in [-0.1, -0.05) is 17.7 Å². The van der Waals surface area contributed by atoms with Crippen LogP contribution in [0.4, 0.5) is 11.4 Å². The third kappa shape index (κ3) is 3.23. The molecule has 0 amide bonds. The molecule has 3 rings (SSSR count). The number of hydrogen-bond acceptors (Lipinski definition) is 6. The van der Waals surface area contributed by atoms with Crippen LogP contribution in [0.25, 0.3) is 6.08 Å². The molecule has 0 saturated carbocycles. The van der Waals surface area contributed by atoms with Crippen LogP contribution < -0.4 is 11.1 Å². The summed E-state index contributed by atoms with van der Waals surface area (Å²) in [6.07, 6.45) is 3.25. The summed E-state index contributed by atoms with van der Waals surface area (Å²) in [7, 11) is 0. The number of fused-ring (bicyclic) bond motifs is 1. The number of nitrogens with two attached hydrogens (primary N) is 1. The van der Waals surface area contributed by atoms with Gasteiger partial charge in [-0.15, -0.1) is 0 Å². The summed E-state index contributed by atoms with van der Waals surface area (Å²) < 4.78 is 5.09.